The molecule has 5 rings (SSSR count). The molecule has 0 spiro atoms. The number of pyridine rings is 1. The zero-order valence-electron chi connectivity index (χ0n) is 21.2. The predicted molar refractivity (Wildman–Crippen MR) is 148 cm³/mol. The van der Waals surface area contributed by atoms with Crippen molar-refractivity contribution >= 4 is 54.3 Å². The van der Waals surface area contributed by atoms with Gasteiger partial charge in [-0.1, -0.05) is 11.6 Å². The number of sulfone groups is 1. The largest absolute Gasteiger partial charge is 0.437 e. The number of amides is 1. The lowest BCUT2D eigenvalue weighted by atomic mass is 10.0. The molecule has 1 aromatic carbocycles. The number of halogens is 1. The Kier molecular flexibility index (Phi) is 7.21. The normalized spacial score (nSPS) is 19.1. The summed E-state index contributed by atoms with van der Waals surface area (Å²) in [5.74, 6) is 0.562. The van der Waals surface area contributed by atoms with Crippen LogP contribution in [0.2, 0.25) is 5.02 Å². The monoisotopic (exact) mass is 579 g/mol. The first kappa shape index (κ1) is 27.0. The number of carbonyl (C=O) groups is 1. The molecule has 2 aromatic heterocycles. The minimum Gasteiger partial charge on any atom is -0.437 e. The highest BCUT2D eigenvalue weighted by atomic mass is 35.5. The summed E-state index contributed by atoms with van der Waals surface area (Å²) in [6.45, 7) is 0.107. The first-order chi connectivity index (χ1) is 18.0. The van der Waals surface area contributed by atoms with Crippen LogP contribution in [0, 0.1) is 0 Å². The molecule has 0 bridgehead atoms. The number of hydrogen-bond acceptors (Lipinski definition) is 7. The van der Waals surface area contributed by atoms with Gasteiger partial charge in [-0.3, -0.25) is 9.10 Å². The lowest BCUT2D eigenvalue weighted by Gasteiger charge is -2.24. The second kappa shape index (κ2) is 10.2. The molecule has 1 aliphatic carbocycles. The molecule has 1 amide bonds. The van der Waals surface area contributed by atoms with Crippen LogP contribution in [0.15, 0.2) is 34.7 Å². The molecule has 204 valence electrons. The first-order valence-corrected chi connectivity index (χ1v) is 16.6. The van der Waals surface area contributed by atoms with E-state index in [1.54, 1.807) is 24.3 Å². The van der Waals surface area contributed by atoms with Crippen molar-refractivity contribution in [2.45, 2.75) is 49.7 Å². The number of carbonyl (C=O) groups excluding carboxylic acids is 1. The van der Waals surface area contributed by atoms with Gasteiger partial charge in [0.05, 0.1) is 28.2 Å². The van der Waals surface area contributed by atoms with Gasteiger partial charge in [0.25, 0.3) is 5.91 Å². The van der Waals surface area contributed by atoms with E-state index in [0.29, 0.717) is 53.0 Å². The number of hydrogen-bond donors (Lipinski definition) is 1. The van der Waals surface area contributed by atoms with E-state index in [0.717, 1.165) is 24.7 Å². The maximum atomic E-state index is 13.0. The molecule has 1 saturated heterocycles. The summed E-state index contributed by atoms with van der Waals surface area (Å²) in [6, 6.07) is 8.71. The first-order valence-electron chi connectivity index (χ1n) is 12.6. The van der Waals surface area contributed by atoms with Crippen LogP contribution < -0.4 is 9.62 Å². The number of sulfonamides is 1. The SMILES string of the molecule is CNC(=O)c1c(-c2ccc(Cl)cc2)oc2nc(N(CCCC3CCCS3(=O)=O)S(C)(=O)=O)c(C3CC3)cc12. The summed E-state index contributed by atoms with van der Waals surface area (Å²) in [6.07, 6.45) is 4.94. The predicted octanol–water partition coefficient (Wildman–Crippen LogP) is 4.51. The van der Waals surface area contributed by atoms with Crippen LogP contribution in [0.4, 0.5) is 5.82 Å². The van der Waals surface area contributed by atoms with Gasteiger partial charge in [0.2, 0.25) is 15.7 Å². The third-order valence-corrected chi connectivity index (χ3v) is 11.0. The zero-order valence-corrected chi connectivity index (χ0v) is 23.6. The molecule has 0 radical (unpaired) electrons. The van der Waals surface area contributed by atoms with Gasteiger partial charge in [0.15, 0.2) is 9.84 Å². The van der Waals surface area contributed by atoms with Gasteiger partial charge < -0.3 is 9.73 Å². The highest BCUT2D eigenvalue weighted by molar-refractivity contribution is 7.92. The fraction of sp³-hybridized carbons (Fsp3) is 0.462. The molecule has 1 aliphatic heterocycles. The summed E-state index contributed by atoms with van der Waals surface area (Å²) in [4.78, 5) is 17.6. The minimum absolute atomic E-state index is 0.107. The maximum Gasteiger partial charge on any atom is 0.255 e. The van der Waals surface area contributed by atoms with Gasteiger partial charge in [0.1, 0.15) is 11.6 Å². The summed E-state index contributed by atoms with van der Waals surface area (Å²) >= 11 is 6.05. The lowest BCUT2D eigenvalue weighted by molar-refractivity contribution is 0.0964. The molecular formula is C26H30ClN3O6S2. The van der Waals surface area contributed by atoms with Crippen LogP contribution in [0.3, 0.4) is 0 Å². The van der Waals surface area contributed by atoms with Gasteiger partial charge >= 0.3 is 0 Å². The molecule has 1 unspecified atom stereocenters. The number of benzene rings is 1. The van der Waals surface area contributed by atoms with E-state index in [-0.39, 0.29) is 35.7 Å². The average molecular weight is 580 g/mol. The van der Waals surface area contributed by atoms with Crippen LogP contribution in [0.25, 0.3) is 22.4 Å². The maximum absolute atomic E-state index is 13.0. The topological polar surface area (TPSA) is 127 Å². The Morgan fingerprint density at radius 3 is 2.50 bits per heavy atom. The van der Waals surface area contributed by atoms with Crippen molar-refractivity contribution in [2.24, 2.45) is 0 Å². The van der Waals surface area contributed by atoms with Crippen molar-refractivity contribution in [3.63, 3.8) is 0 Å². The molecule has 1 atom stereocenters. The molecule has 2 fully saturated rings. The van der Waals surface area contributed by atoms with Gasteiger partial charge in [0, 0.05) is 24.2 Å². The van der Waals surface area contributed by atoms with Crippen LogP contribution in [-0.4, -0.2) is 58.6 Å². The molecule has 1 saturated carbocycles. The van der Waals surface area contributed by atoms with E-state index >= 15 is 0 Å². The Morgan fingerprint density at radius 1 is 1.21 bits per heavy atom. The van der Waals surface area contributed by atoms with Crippen molar-refractivity contribution < 1.29 is 26.0 Å². The summed E-state index contributed by atoms with van der Waals surface area (Å²) in [7, 11) is -5.31. The Hall–Kier alpha value is -2.63. The van der Waals surface area contributed by atoms with Crippen LogP contribution in [0.5, 0.6) is 0 Å². The second-order valence-electron chi connectivity index (χ2n) is 10.0. The number of rotatable bonds is 9. The second-order valence-corrected chi connectivity index (χ2v) is 14.8. The molecule has 2 aliphatic rings. The Labute approximate surface area is 227 Å². The Morgan fingerprint density at radius 2 is 1.92 bits per heavy atom. The molecule has 38 heavy (non-hydrogen) atoms. The number of nitrogens with zero attached hydrogens (tertiary/aromatic N) is 2. The third kappa shape index (κ3) is 5.28. The van der Waals surface area contributed by atoms with Crippen molar-refractivity contribution in [3.05, 3.63) is 46.5 Å². The van der Waals surface area contributed by atoms with E-state index in [1.165, 1.54) is 11.4 Å². The highest BCUT2D eigenvalue weighted by Gasteiger charge is 2.35. The van der Waals surface area contributed by atoms with Crippen molar-refractivity contribution in [2.75, 3.05) is 29.9 Å². The summed E-state index contributed by atoms with van der Waals surface area (Å²) in [5.41, 5.74) is 1.85. The molecule has 3 aromatic rings. The van der Waals surface area contributed by atoms with Crippen LogP contribution in [-0.2, 0) is 19.9 Å². The smallest absolute Gasteiger partial charge is 0.255 e. The quantitative estimate of drug-likeness (QED) is 0.395. The van der Waals surface area contributed by atoms with Crippen molar-refractivity contribution in [1.82, 2.24) is 10.3 Å². The van der Waals surface area contributed by atoms with Gasteiger partial charge in [-0.25, -0.2) is 16.8 Å². The van der Waals surface area contributed by atoms with Crippen molar-refractivity contribution in [1.29, 1.82) is 0 Å². The van der Waals surface area contributed by atoms with Crippen LogP contribution >= 0.6 is 11.6 Å². The Balaban J connectivity index is 1.59. The number of aromatic nitrogens is 1. The van der Waals surface area contributed by atoms with Crippen molar-refractivity contribution in [3.8, 4) is 11.3 Å². The number of anilines is 1. The fourth-order valence-corrected chi connectivity index (χ4v) is 8.15. The zero-order chi connectivity index (χ0) is 27.2. The van der Waals surface area contributed by atoms with E-state index in [9.17, 15) is 21.6 Å². The van der Waals surface area contributed by atoms with Gasteiger partial charge in [-0.15, -0.1) is 0 Å². The molecule has 12 heteroatoms. The minimum atomic E-state index is -3.73. The van der Waals surface area contributed by atoms with Gasteiger partial charge in [-0.05, 0) is 80.3 Å². The van der Waals surface area contributed by atoms with E-state index < -0.39 is 25.1 Å². The van der Waals surface area contributed by atoms with E-state index in [4.69, 9.17) is 16.0 Å². The Bertz CT molecular complexity index is 1600. The molecular weight excluding hydrogens is 550 g/mol. The molecule has 9 nitrogen and oxygen atoms in total. The highest BCUT2D eigenvalue weighted by Crippen LogP contribution is 2.47. The van der Waals surface area contributed by atoms with E-state index in [2.05, 4.69) is 10.3 Å². The molecule has 3 heterocycles. The lowest BCUT2D eigenvalue weighted by Crippen LogP contribution is -2.33. The van der Waals surface area contributed by atoms with Gasteiger partial charge in [-0.2, -0.15) is 4.98 Å². The third-order valence-electron chi connectivity index (χ3n) is 7.26. The summed E-state index contributed by atoms with van der Waals surface area (Å²) < 4.78 is 57.8. The number of nitrogens with one attached hydrogen (secondary N) is 1. The number of furan rings is 1. The molecule has 1 N–H and O–H groups in total. The van der Waals surface area contributed by atoms with E-state index in [1.807, 2.05) is 6.07 Å². The van der Waals surface area contributed by atoms with Crippen LogP contribution in [0.1, 0.15) is 60.4 Å². The number of fused-ring (bicyclic) bond motifs is 1. The fourth-order valence-electron chi connectivity index (χ4n) is 5.15. The standard InChI is InChI=1S/C26H30ClN3O6S2/c1-28-25(31)22-21-15-20(16-7-8-16)24(29-26(21)36-23(22)17-9-11-18(27)12-10-17)30(37(2,32)33)13-3-5-19-6-4-14-38(19,34)35/h9-12,15-16,19H,3-8,13-14H2,1-2H3,(H,28,31). The summed E-state index contributed by atoms with van der Waals surface area (Å²) in [5, 5.41) is 3.28. The average Bonchev–Trinajstić information content (AvgIpc) is 3.56.